The Morgan fingerprint density at radius 1 is 1.12 bits per heavy atom. The molecule has 1 aromatic heterocycles. The molecule has 4 nitrogen and oxygen atoms in total. The molecule has 1 aliphatic carbocycles. The zero-order valence-corrected chi connectivity index (χ0v) is 10.3. The van der Waals surface area contributed by atoms with E-state index in [1.807, 2.05) is 0 Å². The lowest BCUT2D eigenvalue weighted by molar-refractivity contribution is 0.283. The summed E-state index contributed by atoms with van der Waals surface area (Å²) in [5, 5.41) is 12.1. The van der Waals surface area contributed by atoms with Crippen LogP contribution >= 0.6 is 0 Å². The standard InChI is InChI=1S/C13H21N3O/c17-9-4-2-1-3-8-14-13-11-6-5-7-12(11)15-10-16-13/h10,17H,1-9H2,(H,14,15,16). The minimum atomic E-state index is 0.312. The Hall–Kier alpha value is -1.16. The first-order chi connectivity index (χ1) is 8.42. The molecular weight excluding hydrogens is 214 g/mol. The summed E-state index contributed by atoms with van der Waals surface area (Å²) in [5.74, 6) is 1.04. The van der Waals surface area contributed by atoms with Crippen molar-refractivity contribution >= 4 is 5.82 Å². The third kappa shape index (κ3) is 3.40. The maximum atomic E-state index is 8.67. The zero-order valence-electron chi connectivity index (χ0n) is 10.3. The van der Waals surface area contributed by atoms with E-state index in [-0.39, 0.29) is 0 Å². The third-order valence-corrected chi connectivity index (χ3v) is 3.25. The highest BCUT2D eigenvalue weighted by molar-refractivity contribution is 5.47. The first-order valence-corrected chi connectivity index (χ1v) is 6.59. The van der Waals surface area contributed by atoms with Crippen molar-refractivity contribution in [2.24, 2.45) is 0 Å². The molecule has 0 spiro atoms. The fraction of sp³-hybridized carbons (Fsp3) is 0.692. The van der Waals surface area contributed by atoms with Crippen LogP contribution in [0.5, 0.6) is 0 Å². The van der Waals surface area contributed by atoms with Crippen LogP contribution in [0, 0.1) is 0 Å². The minimum Gasteiger partial charge on any atom is -0.396 e. The minimum absolute atomic E-state index is 0.312. The van der Waals surface area contributed by atoms with Crippen molar-refractivity contribution in [1.29, 1.82) is 0 Å². The number of aromatic nitrogens is 2. The molecule has 1 aliphatic rings. The number of hydrogen-bond acceptors (Lipinski definition) is 4. The number of anilines is 1. The van der Waals surface area contributed by atoms with Gasteiger partial charge < -0.3 is 10.4 Å². The summed E-state index contributed by atoms with van der Waals surface area (Å²) in [6.45, 7) is 1.28. The monoisotopic (exact) mass is 235 g/mol. The lowest BCUT2D eigenvalue weighted by atomic mass is 10.2. The lowest BCUT2D eigenvalue weighted by Gasteiger charge is -2.09. The van der Waals surface area contributed by atoms with Crippen LogP contribution in [-0.2, 0) is 12.8 Å². The molecule has 0 atom stereocenters. The molecule has 2 N–H and O–H groups in total. The largest absolute Gasteiger partial charge is 0.396 e. The number of nitrogens with zero attached hydrogens (tertiary/aromatic N) is 2. The van der Waals surface area contributed by atoms with Gasteiger partial charge in [0.1, 0.15) is 12.1 Å². The van der Waals surface area contributed by atoms with Gasteiger partial charge in [0.15, 0.2) is 0 Å². The first kappa shape index (κ1) is 12.3. The Morgan fingerprint density at radius 2 is 2.00 bits per heavy atom. The molecule has 0 saturated carbocycles. The van der Waals surface area contributed by atoms with Crippen LogP contribution in [0.2, 0.25) is 0 Å². The first-order valence-electron chi connectivity index (χ1n) is 6.59. The number of aliphatic hydroxyl groups excluding tert-OH is 1. The van der Waals surface area contributed by atoms with Crippen molar-refractivity contribution in [3.63, 3.8) is 0 Å². The van der Waals surface area contributed by atoms with Crippen LogP contribution < -0.4 is 5.32 Å². The van der Waals surface area contributed by atoms with Gasteiger partial charge in [0.05, 0.1) is 0 Å². The maximum absolute atomic E-state index is 8.67. The Bertz CT molecular complexity index is 355. The molecule has 17 heavy (non-hydrogen) atoms. The average molecular weight is 235 g/mol. The summed E-state index contributed by atoms with van der Waals surface area (Å²) in [6.07, 6.45) is 9.42. The summed E-state index contributed by atoms with van der Waals surface area (Å²) < 4.78 is 0. The highest BCUT2D eigenvalue weighted by Gasteiger charge is 2.16. The van der Waals surface area contributed by atoms with Gasteiger partial charge in [-0.15, -0.1) is 0 Å². The van der Waals surface area contributed by atoms with Crippen LogP contribution in [0.1, 0.15) is 43.4 Å². The number of aryl methyl sites for hydroxylation is 1. The fourth-order valence-electron chi connectivity index (χ4n) is 2.31. The van der Waals surface area contributed by atoms with E-state index in [1.165, 1.54) is 24.1 Å². The molecule has 0 saturated heterocycles. The number of aliphatic hydroxyl groups is 1. The predicted molar refractivity (Wildman–Crippen MR) is 68.1 cm³/mol. The predicted octanol–water partition coefficient (Wildman–Crippen LogP) is 1.93. The van der Waals surface area contributed by atoms with Gasteiger partial charge >= 0.3 is 0 Å². The molecule has 94 valence electrons. The summed E-state index contributed by atoms with van der Waals surface area (Å²) in [7, 11) is 0. The van der Waals surface area contributed by atoms with E-state index in [9.17, 15) is 0 Å². The van der Waals surface area contributed by atoms with E-state index in [0.717, 1.165) is 44.5 Å². The van der Waals surface area contributed by atoms with E-state index >= 15 is 0 Å². The molecule has 0 radical (unpaired) electrons. The van der Waals surface area contributed by atoms with Crippen molar-refractivity contribution in [2.45, 2.75) is 44.9 Å². The highest BCUT2D eigenvalue weighted by atomic mass is 16.2. The Balaban J connectivity index is 1.74. The summed E-state index contributed by atoms with van der Waals surface area (Å²) >= 11 is 0. The Morgan fingerprint density at radius 3 is 2.88 bits per heavy atom. The molecule has 0 unspecified atom stereocenters. The van der Waals surface area contributed by atoms with E-state index in [0.29, 0.717) is 6.61 Å². The van der Waals surface area contributed by atoms with Gasteiger partial charge in [-0.05, 0) is 32.1 Å². The van der Waals surface area contributed by atoms with E-state index < -0.39 is 0 Å². The molecule has 2 rings (SSSR count). The smallest absolute Gasteiger partial charge is 0.132 e. The van der Waals surface area contributed by atoms with Gasteiger partial charge in [-0.3, -0.25) is 0 Å². The van der Waals surface area contributed by atoms with Crippen LogP contribution in [0.4, 0.5) is 5.82 Å². The molecule has 1 heterocycles. The topological polar surface area (TPSA) is 58.0 Å². The van der Waals surface area contributed by atoms with Crippen molar-refractivity contribution < 1.29 is 5.11 Å². The zero-order chi connectivity index (χ0) is 11.9. The SMILES string of the molecule is OCCCCCCNc1ncnc2c1CCC2. The van der Waals surface area contributed by atoms with E-state index in [2.05, 4.69) is 15.3 Å². The summed E-state index contributed by atoms with van der Waals surface area (Å²) in [4.78, 5) is 8.63. The number of fused-ring (bicyclic) bond motifs is 1. The van der Waals surface area contributed by atoms with Gasteiger partial charge in [-0.1, -0.05) is 12.8 Å². The summed E-state index contributed by atoms with van der Waals surface area (Å²) in [5.41, 5.74) is 2.55. The Labute approximate surface area is 102 Å². The van der Waals surface area contributed by atoms with Crippen LogP contribution in [-0.4, -0.2) is 28.2 Å². The summed E-state index contributed by atoms with van der Waals surface area (Å²) in [6, 6.07) is 0. The molecule has 0 aliphatic heterocycles. The van der Waals surface area contributed by atoms with E-state index in [4.69, 9.17) is 5.11 Å². The van der Waals surface area contributed by atoms with Crippen LogP contribution in [0.15, 0.2) is 6.33 Å². The third-order valence-electron chi connectivity index (χ3n) is 3.25. The molecule has 0 aromatic carbocycles. The second-order valence-electron chi connectivity index (χ2n) is 4.57. The molecule has 4 heteroatoms. The van der Waals surface area contributed by atoms with Gasteiger partial charge in [0.25, 0.3) is 0 Å². The van der Waals surface area contributed by atoms with Crippen molar-refractivity contribution in [3.05, 3.63) is 17.6 Å². The van der Waals surface area contributed by atoms with Gasteiger partial charge in [0, 0.05) is 24.4 Å². The van der Waals surface area contributed by atoms with Crippen molar-refractivity contribution in [3.8, 4) is 0 Å². The Kier molecular flexibility index (Phi) is 4.74. The molecule has 0 bridgehead atoms. The second-order valence-corrected chi connectivity index (χ2v) is 4.57. The van der Waals surface area contributed by atoms with Crippen molar-refractivity contribution in [1.82, 2.24) is 9.97 Å². The van der Waals surface area contributed by atoms with Crippen LogP contribution in [0.3, 0.4) is 0 Å². The number of rotatable bonds is 7. The molecule has 1 aromatic rings. The normalized spacial score (nSPS) is 13.7. The van der Waals surface area contributed by atoms with Crippen LogP contribution in [0.25, 0.3) is 0 Å². The molecule has 0 fully saturated rings. The quantitative estimate of drug-likeness (QED) is 0.709. The highest BCUT2D eigenvalue weighted by Crippen LogP contribution is 2.24. The van der Waals surface area contributed by atoms with Gasteiger partial charge in [-0.25, -0.2) is 9.97 Å². The van der Waals surface area contributed by atoms with Crippen molar-refractivity contribution in [2.75, 3.05) is 18.5 Å². The molecular formula is C13H21N3O. The molecule has 0 amide bonds. The van der Waals surface area contributed by atoms with Gasteiger partial charge in [-0.2, -0.15) is 0 Å². The van der Waals surface area contributed by atoms with E-state index in [1.54, 1.807) is 6.33 Å². The average Bonchev–Trinajstić information content (AvgIpc) is 2.82. The second kappa shape index (κ2) is 6.55. The fourth-order valence-corrected chi connectivity index (χ4v) is 2.31. The lowest BCUT2D eigenvalue weighted by Crippen LogP contribution is -2.07. The number of unbranched alkanes of at least 4 members (excludes halogenated alkanes) is 3. The maximum Gasteiger partial charge on any atom is 0.132 e. The number of hydrogen-bond donors (Lipinski definition) is 2. The number of nitrogens with one attached hydrogen (secondary N) is 1. The van der Waals surface area contributed by atoms with Gasteiger partial charge in [0.2, 0.25) is 0 Å².